The molecule has 0 amide bonds. The number of fused-ring (bicyclic) bond motifs is 11. The maximum absolute atomic E-state index is 2.49. The van der Waals surface area contributed by atoms with Gasteiger partial charge in [0.2, 0.25) is 0 Å². The molecule has 0 atom stereocenters. The highest BCUT2D eigenvalue weighted by atomic mass is 15.0. The minimum Gasteiger partial charge on any atom is -0.309 e. The zero-order chi connectivity index (χ0) is 32.8. The van der Waals surface area contributed by atoms with Crippen molar-refractivity contribution < 1.29 is 0 Å². The molecule has 0 unspecified atom stereocenters. The van der Waals surface area contributed by atoms with Gasteiger partial charge in [-0.3, -0.25) is 0 Å². The minimum absolute atomic E-state index is 1.16. The molecule has 2 aromatic heterocycles. The van der Waals surface area contributed by atoms with Crippen molar-refractivity contribution in [1.82, 2.24) is 9.13 Å². The lowest BCUT2D eigenvalue weighted by molar-refractivity contribution is 1.17. The number of hydrogen-bond acceptors (Lipinski definition) is 0. The summed E-state index contributed by atoms with van der Waals surface area (Å²) >= 11 is 0. The van der Waals surface area contributed by atoms with Crippen LogP contribution in [0, 0.1) is 0 Å². The van der Waals surface area contributed by atoms with Gasteiger partial charge in [-0.15, -0.1) is 0 Å². The van der Waals surface area contributed by atoms with E-state index in [-0.39, 0.29) is 0 Å². The Morgan fingerprint density at radius 2 is 0.780 bits per heavy atom. The van der Waals surface area contributed by atoms with E-state index >= 15 is 0 Å². The van der Waals surface area contributed by atoms with Gasteiger partial charge in [0.25, 0.3) is 0 Å². The molecule has 0 saturated carbocycles. The van der Waals surface area contributed by atoms with Crippen LogP contribution in [0.2, 0.25) is 0 Å². The van der Waals surface area contributed by atoms with Gasteiger partial charge < -0.3 is 9.13 Å². The highest BCUT2D eigenvalue weighted by Crippen LogP contribution is 2.47. The van der Waals surface area contributed by atoms with E-state index in [4.69, 9.17) is 0 Å². The van der Waals surface area contributed by atoms with Crippen LogP contribution in [0.4, 0.5) is 0 Å². The van der Waals surface area contributed by atoms with Gasteiger partial charge in [-0.1, -0.05) is 133 Å². The number of aromatic nitrogens is 2. The van der Waals surface area contributed by atoms with Gasteiger partial charge in [-0.25, -0.2) is 0 Å². The summed E-state index contributed by atoms with van der Waals surface area (Å²) in [6.07, 6.45) is 0. The Labute approximate surface area is 289 Å². The third-order valence-electron chi connectivity index (χ3n) is 10.7. The maximum Gasteiger partial charge on any atom is 0.0619 e. The number of nitrogens with zero attached hydrogens (tertiary/aromatic N) is 2. The fraction of sp³-hybridized carbons (Fsp3) is 0. The molecule has 2 heteroatoms. The van der Waals surface area contributed by atoms with Crippen LogP contribution in [-0.4, -0.2) is 9.13 Å². The van der Waals surface area contributed by atoms with E-state index in [0.29, 0.717) is 0 Å². The predicted octanol–water partition coefficient (Wildman–Crippen LogP) is 12.9. The SMILES string of the molecule is c1ccc(-c2ccc3c(c2)c2cc(-c4ccccc4)ccc2n3-c2ccc3c(c2)c2cccc4c2n3-c2ccccc2-c2ccccc2-4)cc1. The molecule has 0 radical (unpaired) electrons. The van der Waals surface area contributed by atoms with E-state index in [1.54, 1.807) is 0 Å². The molecule has 0 saturated heterocycles. The molecule has 1 aliphatic heterocycles. The summed E-state index contributed by atoms with van der Waals surface area (Å²) in [6, 6.07) is 66.8. The summed E-state index contributed by atoms with van der Waals surface area (Å²) < 4.78 is 4.94. The van der Waals surface area contributed by atoms with Gasteiger partial charge in [-0.05, 0) is 81.9 Å². The molecule has 1 aliphatic rings. The molecule has 0 fully saturated rings. The molecular weight excluding hydrogens is 605 g/mol. The van der Waals surface area contributed by atoms with Crippen LogP contribution in [0.1, 0.15) is 0 Å². The molecular formula is C48H30N2. The Morgan fingerprint density at radius 3 is 1.44 bits per heavy atom. The van der Waals surface area contributed by atoms with Crippen LogP contribution in [0.3, 0.4) is 0 Å². The average molecular weight is 635 g/mol. The van der Waals surface area contributed by atoms with Crippen LogP contribution in [0.5, 0.6) is 0 Å². The zero-order valence-corrected chi connectivity index (χ0v) is 27.2. The summed E-state index contributed by atoms with van der Waals surface area (Å²) in [5.41, 5.74) is 17.2. The average Bonchev–Trinajstić information content (AvgIpc) is 3.66. The van der Waals surface area contributed by atoms with Gasteiger partial charge in [0.1, 0.15) is 0 Å². The second-order valence-electron chi connectivity index (χ2n) is 13.3. The Balaban J connectivity index is 1.20. The lowest BCUT2D eigenvalue weighted by Gasteiger charge is -2.13. The fourth-order valence-electron chi connectivity index (χ4n) is 8.43. The van der Waals surface area contributed by atoms with E-state index in [1.165, 1.54) is 93.8 Å². The molecule has 50 heavy (non-hydrogen) atoms. The topological polar surface area (TPSA) is 9.86 Å². The van der Waals surface area contributed by atoms with E-state index in [0.717, 1.165) is 5.69 Å². The Morgan fingerprint density at radius 1 is 0.280 bits per heavy atom. The Hall–Kier alpha value is -6.64. The van der Waals surface area contributed by atoms with E-state index in [1.807, 2.05) is 0 Å². The van der Waals surface area contributed by atoms with Crippen molar-refractivity contribution in [3.05, 3.63) is 182 Å². The molecule has 232 valence electrons. The van der Waals surface area contributed by atoms with Crippen molar-refractivity contribution in [2.45, 2.75) is 0 Å². The molecule has 8 aromatic carbocycles. The molecule has 3 heterocycles. The molecule has 2 nitrogen and oxygen atoms in total. The van der Waals surface area contributed by atoms with Crippen molar-refractivity contribution in [1.29, 1.82) is 0 Å². The van der Waals surface area contributed by atoms with Crippen molar-refractivity contribution in [2.75, 3.05) is 0 Å². The smallest absolute Gasteiger partial charge is 0.0619 e. The number of rotatable bonds is 3. The Bertz CT molecular complexity index is 2860. The van der Waals surface area contributed by atoms with Gasteiger partial charge in [-0.2, -0.15) is 0 Å². The van der Waals surface area contributed by atoms with Crippen molar-refractivity contribution in [2.24, 2.45) is 0 Å². The minimum atomic E-state index is 1.16. The van der Waals surface area contributed by atoms with Gasteiger partial charge in [0.05, 0.1) is 27.8 Å². The quantitative estimate of drug-likeness (QED) is 0.183. The summed E-state index contributed by atoms with van der Waals surface area (Å²) in [6.45, 7) is 0. The summed E-state index contributed by atoms with van der Waals surface area (Å²) in [5.74, 6) is 0. The van der Waals surface area contributed by atoms with Crippen molar-refractivity contribution in [3.8, 4) is 55.9 Å². The largest absolute Gasteiger partial charge is 0.309 e. The van der Waals surface area contributed by atoms with Gasteiger partial charge in [0, 0.05) is 38.4 Å². The van der Waals surface area contributed by atoms with Crippen LogP contribution in [0.15, 0.2) is 182 Å². The predicted molar refractivity (Wildman–Crippen MR) is 210 cm³/mol. The molecule has 0 bridgehead atoms. The fourth-order valence-corrected chi connectivity index (χ4v) is 8.43. The second kappa shape index (κ2) is 10.4. The normalized spacial score (nSPS) is 12.0. The van der Waals surface area contributed by atoms with E-state index in [9.17, 15) is 0 Å². The third kappa shape index (κ3) is 3.85. The van der Waals surface area contributed by atoms with E-state index < -0.39 is 0 Å². The van der Waals surface area contributed by atoms with Crippen LogP contribution >= 0.6 is 0 Å². The van der Waals surface area contributed by atoms with Crippen molar-refractivity contribution in [3.63, 3.8) is 0 Å². The zero-order valence-electron chi connectivity index (χ0n) is 27.2. The highest BCUT2D eigenvalue weighted by Gasteiger charge is 2.24. The summed E-state index contributed by atoms with van der Waals surface area (Å²) in [5, 5.41) is 5.03. The van der Waals surface area contributed by atoms with E-state index in [2.05, 4.69) is 191 Å². The first kappa shape index (κ1) is 27.3. The molecule has 0 N–H and O–H groups in total. The third-order valence-corrected chi connectivity index (χ3v) is 10.7. The number of benzene rings is 8. The van der Waals surface area contributed by atoms with Gasteiger partial charge >= 0.3 is 0 Å². The van der Waals surface area contributed by atoms with Crippen LogP contribution in [-0.2, 0) is 0 Å². The first-order valence-electron chi connectivity index (χ1n) is 17.3. The van der Waals surface area contributed by atoms with Crippen LogP contribution < -0.4 is 0 Å². The number of hydrogen-bond donors (Lipinski definition) is 0. The molecule has 11 rings (SSSR count). The lowest BCUT2D eigenvalue weighted by Crippen LogP contribution is -1.97. The van der Waals surface area contributed by atoms with Crippen molar-refractivity contribution >= 4 is 43.6 Å². The monoisotopic (exact) mass is 634 g/mol. The summed E-state index contributed by atoms with van der Waals surface area (Å²) in [7, 11) is 0. The second-order valence-corrected chi connectivity index (χ2v) is 13.3. The molecule has 10 aromatic rings. The first-order valence-corrected chi connectivity index (χ1v) is 17.3. The van der Waals surface area contributed by atoms with Crippen LogP contribution in [0.25, 0.3) is 99.5 Å². The first-order chi connectivity index (χ1) is 24.8. The molecule has 0 aliphatic carbocycles. The standard InChI is InChI=1S/C48H30N2/c1-3-12-31(13-4-1)33-22-25-45-41(28-33)42-29-34(32-14-5-2-6-15-32)23-26-46(42)49(45)35-24-27-47-43(30-35)40-20-11-19-39-37-17-8-7-16-36(37)38-18-9-10-21-44(38)50(47)48(39)40/h1-30H. The number of para-hydroxylation sites is 2. The maximum atomic E-state index is 2.49. The lowest BCUT2D eigenvalue weighted by atomic mass is 9.94. The Kier molecular flexibility index (Phi) is 5.70. The summed E-state index contributed by atoms with van der Waals surface area (Å²) in [4.78, 5) is 0. The highest BCUT2D eigenvalue weighted by molar-refractivity contribution is 6.17. The molecule has 0 spiro atoms. The van der Waals surface area contributed by atoms with Gasteiger partial charge in [0.15, 0.2) is 0 Å².